The molecule has 0 rings (SSSR count). The molecular formula is C9H19NO. The smallest absolute Gasteiger partial charge is 0.180 e. The molecule has 0 amide bonds. The van der Waals surface area contributed by atoms with Gasteiger partial charge in [0.2, 0.25) is 0 Å². The number of nitrogens with one attached hydrogen (secondary N) is 1. The van der Waals surface area contributed by atoms with E-state index in [0.29, 0.717) is 24.8 Å². The minimum absolute atomic E-state index is 0.410. The standard InChI is InChI=1S/C9H19NO/c1-4-6-8(3)7-11-9(10)5-2/h8,10H,4-7H2,1-3H3. The van der Waals surface area contributed by atoms with Crippen LogP contribution in [-0.2, 0) is 4.74 Å². The highest BCUT2D eigenvalue weighted by Gasteiger charge is 2.01. The number of ether oxygens (including phenoxy) is 1. The summed E-state index contributed by atoms with van der Waals surface area (Å²) in [6.45, 7) is 6.97. The average Bonchev–Trinajstić information content (AvgIpc) is 2.01. The number of hydrogen-bond donors (Lipinski definition) is 1. The minimum Gasteiger partial charge on any atom is -0.481 e. The third-order valence-corrected chi connectivity index (χ3v) is 1.64. The van der Waals surface area contributed by atoms with E-state index in [9.17, 15) is 0 Å². The van der Waals surface area contributed by atoms with E-state index in [2.05, 4.69) is 13.8 Å². The summed E-state index contributed by atoms with van der Waals surface area (Å²) in [5.74, 6) is 1.000. The molecule has 66 valence electrons. The van der Waals surface area contributed by atoms with E-state index in [1.807, 2.05) is 6.92 Å². The highest BCUT2D eigenvalue weighted by Crippen LogP contribution is 2.05. The SMILES string of the molecule is CCCC(C)COC(=N)CC. The summed E-state index contributed by atoms with van der Waals surface area (Å²) in [6.07, 6.45) is 3.10. The molecule has 2 nitrogen and oxygen atoms in total. The molecule has 0 saturated carbocycles. The van der Waals surface area contributed by atoms with E-state index < -0.39 is 0 Å². The Kier molecular flexibility index (Phi) is 5.90. The van der Waals surface area contributed by atoms with E-state index >= 15 is 0 Å². The van der Waals surface area contributed by atoms with Crippen LogP contribution >= 0.6 is 0 Å². The van der Waals surface area contributed by atoms with Crippen molar-refractivity contribution in [3.63, 3.8) is 0 Å². The molecule has 0 radical (unpaired) electrons. The van der Waals surface area contributed by atoms with Gasteiger partial charge in [0.25, 0.3) is 0 Å². The Bertz CT molecular complexity index is 112. The molecule has 11 heavy (non-hydrogen) atoms. The Morgan fingerprint density at radius 3 is 2.55 bits per heavy atom. The fourth-order valence-corrected chi connectivity index (χ4v) is 0.921. The maximum absolute atomic E-state index is 7.24. The van der Waals surface area contributed by atoms with Crippen LogP contribution < -0.4 is 0 Å². The Balaban J connectivity index is 3.29. The van der Waals surface area contributed by atoms with Gasteiger partial charge < -0.3 is 4.74 Å². The molecule has 0 aromatic heterocycles. The first-order chi connectivity index (χ1) is 5.20. The van der Waals surface area contributed by atoms with Crippen molar-refractivity contribution in [3.8, 4) is 0 Å². The van der Waals surface area contributed by atoms with E-state index in [1.54, 1.807) is 0 Å². The van der Waals surface area contributed by atoms with Crippen LogP contribution in [0.15, 0.2) is 0 Å². The van der Waals surface area contributed by atoms with Crippen LogP contribution in [0.1, 0.15) is 40.0 Å². The lowest BCUT2D eigenvalue weighted by molar-refractivity contribution is 0.232. The summed E-state index contributed by atoms with van der Waals surface area (Å²) in [6, 6.07) is 0. The van der Waals surface area contributed by atoms with Crippen LogP contribution in [0.5, 0.6) is 0 Å². The van der Waals surface area contributed by atoms with Crippen LogP contribution in [-0.4, -0.2) is 12.5 Å². The lowest BCUT2D eigenvalue weighted by atomic mass is 10.1. The van der Waals surface area contributed by atoms with E-state index in [0.717, 1.165) is 0 Å². The molecule has 1 N–H and O–H groups in total. The van der Waals surface area contributed by atoms with Crippen LogP contribution in [0, 0.1) is 11.3 Å². The molecular weight excluding hydrogens is 138 g/mol. The van der Waals surface area contributed by atoms with Crippen LogP contribution in [0.25, 0.3) is 0 Å². The fraction of sp³-hybridized carbons (Fsp3) is 0.889. The second kappa shape index (κ2) is 6.20. The summed E-state index contributed by atoms with van der Waals surface area (Å²) in [7, 11) is 0. The zero-order valence-electron chi connectivity index (χ0n) is 7.81. The molecule has 2 heteroatoms. The van der Waals surface area contributed by atoms with Gasteiger partial charge in [-0.2, -0.15) is 0 Å². The van der Waals surface area contributed by atoms with E-state index in [1.165, 1.54) is 12.8 Å². The molecule has 0 saturated heterocycles. The maximum Gasteiger partial charge on any atom is 0.180 e. The Morgan fingerprint density at radius 1 is 1.45 bits per heavy atom. The molecule has 0 aromatic rings. The largest absolute Gasteiger partial charge is 0.481 e. The van der Waals surface area contributed by atoms with E-state index in [-0.39, 0.29) is 0 Å². The third kappa shape index (κ3) is 5.89. The van der Waals surface area contributed by atoms with Gasteiger partial charge in [-0.3, -0.25) is 5.41 Å². The van der Waals surface area contributed by atoms with Crippen LogP contribution in [0.2, 0.25) is 0 Å². The topological polar surface area (TPSA) is 33.1 Å². The Labute approximate surface area is 69.5 Å². The fourth-order valence-electron chi connectivity index (χ4n) is 0.921. The highest BCUT2D eigenvalue weighted by molar-refractivity contribution is 5.72. The Morgan fingerprint density at radius 2 is 2.09 bits per heavy atom. The second-order valence-corrected chi connectivity index (χ2v) is 2.98. The molecule has 0 bridgehead atoms. The summed E-state index contributed by atoms with van der Waals surface area (Å²) < 4.78 is 5.19. The Hall–Kier alpha value is -0.530. The summed E-state index contributed by atoms with van der Waals surface area (Å²) in [5, 5.41) is 7.24. The number of rotatable bonds is 5. The van der Waals surface area contributed by atoms with Gasteiger partial charge in [0.15, 0.2) is 5.90 Å². The lowest BCUT2D eigenvalue weighted by Crippen LogP contribution is -2.10. The van der Waals surface area contributed by atoms with Gasteiger partial charge in [-0.05, 0) is 12.3 Å². The summed E-state index contributed by atoms with van der Waals surface area (Å²) in [5.41, 5.74) is 0. The van der Waals surface area contributed by atoms with Gasteiger partial charge in [-0.1, -0.05) is 27.2 Å². The van der Waals surface area contributed by atoms with Crippen LogP contribution in [0.3, 0.4) is 0 Å². The monoisotopic (exact) mass is 157 g/mol. The molecule has 0 aromatic carbocycles. The van der Waals surface area contributed by atoms with Crippen molar-refractivity contribution in [1.29, 1.82) is 5.41 Å². The first-order valence-electron chi connectivity index (χ1n) is 4.40. The van der Waals surface area contributed by atoms with Gasteiger partial charge >= 0.3 is 0 Å². The van der Waals surface area contributed by atoms with Gasteiger partial charge in [-0.25, -0.2) is 0 Å². The van der Waals surface area contributed by atoms with Gasteiger partial charge in [-0.15, -0.1) is 0 Å². The quantitative estimate of drug-likeness (QED) is 0.483. The van der Waals surface area contributed by atoms with Crippen molar-refractivity contribution in [2.45, 2.75) is 40.0 Å². The molecule has 0 aliphatic rings. The molecule has 0 heterocycles. The van der Waals surface area contributed by atoms with Crippen molar-refractivity contribution in [1.82, 2.24) is 0 Å². The van der Waals surface area contributed by atoms with Crippen molar-refractivity contribution < 1.29 is 4.74 Å². The van der Waals surface area contributed by atoms with E-state index in [4.69, 9.17) is 10.1 Å². The molecule has 1 atom stereocenters. The maximum atomic E-state index is 7.24. The van der Waals surface area contributed by atoms with Gasteiger partial charge in [0.1, 0.15) is 0 Å². The third-order valence-electron chi connectivity index (χ3n) is 1.64. The van der Waals surface area contributed by atoms with Crippen LogP contribution in [0.4, 0.5) is 0 Å². The summed E-state index contributed by atoms with van der Waals surface area (Å²) >= 11 is 0. The zero-order valence-corrected chi connectivity index (χ0v) is 7.81. The summed E-state index contributed by atoms with van der Waals surface area (Å²) in [4.78, 5) is 0. The highest BCUT2D eigenvalue weighted by atomic mass is 16.5. The van der Waals surface area contributed by atoms with Gasteiger partial charge in [0, 0.05) is 6.42 Å². The van der Waals surface area contributed by atoms with Crippen molar-refractivity contribution in [3.05, 3.63) is 0 Å². The predicted octanol–water partition coefficient (Wildman–Crippen LogP) is 2.83. The molecule has 0 aliphatic heterocycles. The molecule has 0 aliphatic carbocycles. The first kappa shape index (κ1) is 10.5. The minimum atomic E-state index is 0.410. The lowest BCUT2D eigenvalue weighted by Gasteiger charge is -2.11. The predicted molar refractivity (Wildman–Crippen MR) is 48.0 cm³/mol. The molecule has 0 spiro atoms. The molecule has 1 unspecified atom stereocenters. The van der Waals surface area contributed by atoms with Crippen molar-refractivity contribution in [2.75, 3.05) is 6.61 Å². The first-order valence-corrected chi connectivity index (χ1v) is 4.40. The van der Waals surface area contributed by atoms with Crippen molar-refractivity contribution in [2.24, 2.45) is 5.92 Å². The van der Waals surface area contributed by atoms with Gasteiger partial charge in [0.05, 0.1) is 6.61 Å². The number of hydrogen-bond acceptors (Lipinski definition) is 2. The zero-order chi connectivity index (χ0) is 8.69. The van der Waals surface area contributed by atoms with Crippen molar-refractivity contribution >= 4 is 5.90 Å². The molecule has 0 fully saturated rings. The average molecular weight is 157 g/mol. The second-order valence-electron chi connectivity index (χ2n) is 2.98. The normalized spacial score (nSPS) is 12.6.